The fourth-order valence-corrected chi connectivity index (χ4v) is 3.76. The average molecular weight is 382 g/mol. The molecule has 0 saturated carbocycles. The van der Waals surface area contributed by atoms with E-state index < -0.39 is 0 Å². The van der Waals surface area contributed by atoms with Gasteiger partial charge in [0.05, 0.1) is 10.4 Å². The standard InChI is InChI=1S/C21H22N2O3S/c1-3-23(2)11-10-22-21(26)20-9-8-19(27-20)15-4-6-16-14(12-15)5-7-18(25)17(16)13-24/h4-9,12-13,25H,3,10-11H2,1-2H3,(H,22,26). The van der Waals surface area contributed by atoms with Gasteiger partial charge in [-0.3, -0.25) is 9.59 Å². The molecule has 2 N–H and O–H groups in total. The lowest BCUT2D eigenvalue weighted by atomic mass is 10.0. The third kappa shape index (κ3) is 4.18. The van der Waals surface area contributed by atoms with Crippen molar-refractivity contribution in [3.8, 4) is 16.2 Å². The van der Waals surface area contributed by atoms with Crippen LogP contribution in [-0.2, 0) is 0 Å². The minimum Gasteiger partial charge on any atom is -0.507 e. The smallest absolute Gasteiger partial charge is 0.261 e. The van der Waals surface area contributed by atoms with Gasteiger partial charge in [-0.25, -0.2) is 0 Å². The molecule has 1 aromatic heterocycles. The summed E-state index contributed by atoms with van der Waals surface area (Å²) in [5.74, 6) is -0.0845. The fourth-order valence-electron chi connectivity index (χ4n) is 2.84. The molecule has 0 bridgehead atoms. The van der Waals surface area contributed by atoms with Crippen LogP contribution >= 0.6 is 11.3 Å². The molecule has 0 aliphatic heterocycles. The summed E-state index contributed by atoms with van der Waals surface area (Å²) in [7, 11) is 2.02. The highest BCUT2D eigenvalue weighted by molar-refractivity contribution is 7.17. The summed E-state index contributed by atoms with van der Waals surface area (Å²) in [6.45, 7) is 4.46. The fraction of sp³-hybridized carbons (Fsp3) is 0.238. The molecule has 2 aromatic carbocycles. The number of aldehydes is 1. The zero-order valence-corrected chi connectivity index (χ0v) is 16.2. The van der Waals surface area contributed by atoms with Gasteiger partial charge in [-0.15, -0.1) is 11.3 Å². The second kappa shape index (κ2) is 8.33. The zero-order valence-electron chi connectivity index (χ0n) is 15.4. The second-order valence-electron chi connectivity index (χ2n) is 6.37. The van der Waals surface area contributed by atoms with Gasteiger partial charge in [0.25, 0.3) is 5.91 Å². The predicted octanol–water partition coefficient (Wildman–Crippen LogP) is 3.77. The van der Waals surface area contributed by atoms with Crippen LogP contribution in [0.3, 0.4) is 0 Å². The largest absolute Gasteiger partial charge is 0.507 e. The molecule has 0 unspecified atom stereocenters. The summed E-state index contributed by atoms with van der Waals surface area (Å²) in [5, 5.41) is 14.3. The lowest BCUT2D eigenvalue weighted by Gasteiger charge is -2.13. The SMILES string of the molecule is CCN(C)CCNC(=O)c1ccc(-c2ccc3c(C=O)c(O)ccc3c2)s1. The second-order valence-corrected chi connectivity index (χ2v) is 7.45. The molecule has 0 spiro atoms. The van der Waals surface area contributed by atoms with E-state index in [9.17, 15) is 14.7 Å². The van der Waals surface area contributed by atoms with E-state index in [0.29, 0.717) is 28.7 Å². The molecule has 140 valence electrons. The Hall–Kier alpha value is -2.70. The van der Waals surface area contributed by atoms with Gasteiger partial charge in [-0.1, -0.05) is 25.1 Å². The first kappa shape index (κ1) is 19.1. The topological polar surface area (TPSA) is 69.6 Å². The Kier molecular flexibility index (Phi) is 5.88. The minimum atomic E-state index is -0.0651. The molecule has 0 saturated heterocycles. The molecule has 0 radical (unpaired) electrons. The van der Waals surface area contributed by atoms with Crippen LogP contribution in [0.15, 0.2) is 42.5 Å². The van der Waals surface area contributed by atoms with Crippen molar-refractivity contribution in [1.82, 2.24) is 10.2 Å². The number of amides is 1. The Labute approximate surface area is 162 Å². The number of nitrogens with one attached hydrogen (secondary N) is 1. The number of phenolic OH excluding ortho intramolecular Hbond substituents is 1. The highest BCUT2D eigenvalue weighted by Gasteiger charge is 2.12. The number of aromatic hydroxyl groups is 1. The third-order valence-corrected chi connectivity index (χ3v) is 5.72. The van der Waals surface area contributed by atoms with E-state index in [-0.39, 0.29) is 11.7 Å². The normalized spacial score (nSPS) is 11.1. The van der Waals surface area contributed by atoms with Gasteiger partial charge >= 0.3 is 0 Å². The van der Waals surface area contributed by atoms with Crippen molar-refractivity contribution >= 4 is 34.3 Å². The van der Waals surface area contributed by atoms with E-state index in [4.69, 9.17) is 0 Å². The van der Waals surface area contributed by atoms with E-state index in [2.05, 4.69) is 17.1 Å². The summed E-state index contributed by atoms with van der Waals surface area (Å²) in [6, 6.07) is 12.8. The summed E-state index contributed by atoms with van der Waals surface area (Å²) >= 11 is 1.44. The molecule has 27 heavy (non-hydrogen) atoms. The van der Waals surface area contributed by atoms with Gasteiger partial charge in [0.15, 0.2) is 6.29 Å². The number of phenols is 1. The molecule has 0 aliphatic carbocycles. The van der Waals surface area contributed by atoms with Gasteiger partial charge in [0, 0.05) is 18.0 Å². The van der Waals surface area contributed by atoms with Gasteiger partial charge in [0.1, 0.15) is 5.75 Å². The maximum absolute atomic E-state index is 12.3. The maximum atomic E-state index is 12.3. The molecule has 3 rings (SSSR count). The monoisotopic (exact) mass is 382 g/mol. The maximum Gasteiger partial charge on any atom is 0.261 e. The highest BCUT2D eigenvalue weighted by atomic mass is 32.1. The van der Waals surface area contributed by atoms with Crippen molar-refractivity contribution in [3.05, 3.63) is 52.9 Å². The average Bonchev–Trinajstić information content (AvgIpc) is 3.17. The van der Waals surface area contributed by atoms with Crippen LogP contribution in [0.2, 0.25) is 0 Å². The number of likely N-dealkylation sites (N-methyl/N-ethyl adjacent to an activating group) is 1. The summed E-state index contributed by atoms with van der Waals surface area (Å²) in [4.78, 5) is 27.3. The Balaban J connectivity index is 1.79. The molecule has 1 heterocycles. The first-order valence-corrected chi connectivity index (χ1v) is 9.63. The Morgan fingerprint density at radius 3 is 2.78 bits per heavy atom. The number of carbonyl (C=O) groups is 2. The molecule has 5 nitrogen and oxygen atoms in total. The quantitative estimate of drug-likeness (QED) is 0.611. The van der Waals surface area contributed by atoms with Crippen LogP contribution in [0.4, 0.5) is 0 Å². The lowest BCUT2D eigenvalue weighted by Crippen LogP contribution is -2.32. The number of rotatable bonds is 7. The number of hydrogen-bond acceptors (Lipinski definition) is 5. The zero-order chi connectivity index (χ0) is 19.4. The van der Waals surface area contributed by atoms with Crippen LogP contribution in [0.5, 0.6) is 5.75 Å². The number of thiophene rings is 1. The summed E-state index contributed by atoms with van der Waals surface area (Å²) in [5.41, 5.74) is 1.27. The van der Waals surface area contributed by atoms with Crippen molar-refractivity contribution < 1.29 is 14.7 Å². The first-order valence-electron chi connectivity index (χ1n) is 8.81. The molecular formula is C21H22N2O3S. The van der Waals surface area contributed by atoms with E-state index in [1.807, 2.05) is 37.4 Å². The molecule has 6 heteroatoms. The van der Waals surface area contributed by atoms with Gasteiger partial charge in [-0.2, -0.15) is 0 Å². The van der Waals surface area contributed by atoms with Gasteiger partial charge < -0.3 is 15.3 Å². The van der Waals surface area contributed by atoms with Crippen LogP contribution in [0, 0.1) is 0 Å². The Morgan fingerprint density at radius 1 is 1.22 bits per heavy atom. The van der Waals surface area contributed by atoms with Gasteiger partial charge in [-0.05, 0) is 54.2 Å². The molecule has 0 atom stereocenters. The van der Waals surface area contributed by atoms with E-state index >= 15 is 0 Å². The van der Waals surface area contributed by atoms with Crippen LogP contribution in [0.25, 0.3) is 21.2 Å². The summed E-state index contributed by atoms with van der Waals surface area (Å²) in [6.07, 6.45) is 0.668. The van der Waals surface area contributed by atoms with Crippen LogP contribution < -0.4 is 5.32 Å². The van der Waals surface area contributed by atoms with Crippen LogP contribution in [-0.4, -0.2) is 48.9 Å². The molecular weight excluding hydrogens is 360 g/mol. The molecule has 0 aliphatic rings. The number of nitrogens with zero attached hydrogens (tertiary/aromatic N) is 1. The van der Waals surface area contributed by atoms with Crippen molar-refractivity contribution in [2.75, 3.05) is 26.7 Å². The van der Waals surface area contributed by atoms with Crippen molar-refractivity contribution in [1.29, 1.82) is 0 Å². The summed E-state index contributed by atoms with van der Waals surface area (Å²) < 4.78 is 0. The molecule has 0 fully saturated rings. The van der Waals surface area contributed by atoms with Crippen molar-refractivity contribution in [2.24, 2.45) is 0 Å². The highest BCUT2D eigenvalue weighted by Crippen LogP contribution is 2.33. The van der Waals surface area contributed by atoms with E-state index in [1.165, 1.54) is 17.4 Å². The molecule has 1 amide bonds. The Morgan fingerprint density at radius 2 is 2.04 bits per heavy atom. The number of benzene rings is 2. The van der Waals surface area contributed by atoms with E-state index in [1.54, 1.807) is 6.07 Å². The number of hydrogen-bond donors (Lipinski definition) is 2. The van der Waals surface area contributed by atoms with Gasteiger partial charge in [0.2, 0.25) is 0 Å². The van der Waals surface area contributed by atoms with E-state index in [0.717, 1.165) is 28.9 Å². The first-order chi connectivity index (χ1) is 13.0. The molecule has 3 aromatic rings. The number of fused-ring (bicyclic) bond motifs is 1. The van der Waals surface area contributed by atoms with Crippen molar-refractivity contribution in [2.45, 2.75) is 6.92 Å². The lowest BCUT2D eigenvalue weighted by molar-refractivity contribution is 0.0954. The predicted molar refractivity (Wildman–Crippen MR) is 110 cm³/mol. The van der Waals surface area contributed by atoms with Crippen LogP contribution in [0.1, 0.15) is 27.0 Å². The third-order valence-electron chi connectivity index (χ3n) is 4.59. The Bertz CT molecular complexity index is 981. The number of carbonyl (C=O) groups excluding carboxylic acids is 2. The van der Waals surface area contributed by atoms with Crippen molar-refractivity contribution in [3.63, 3.8) is 0 Å². The minimum absolute atomic E-state index is 0.0194.